The first-order chi connectivity index (χ1) is 22.2. The first-order valence-corrected chi connectivity index (χ1v) is 14.7. The molecule has 8 amide bonds. The van der Waals surface area contributed by atoms with Crippen LogP contribution in [0.3, 0.4) is 0 Å². The SMILES string of the molecule is NCCC[C@@H](N)CC(=O)NC[C@@H]1NC(=O)[C@@H](CO)NC(=O)[C@H](N)CNC(=O)[C@H]([C@H]2CCN=C(N)N2)NC(=O)/C(=C/NC(N)=O)NC1=O. The molecule has 0 aromatic heterocycles. The van der Waals surface area contributed by atoms with Gasteiger partial charge in [-0.25, -0.2) is 4.79 Å². The zero-order valence-electron chi connectivity index (χ0n) is 25.5. The fraction of sp³-hybridized carbons (Fsp3) is 0.600. The van der Waals surface area contributed by atoms with Gasteiger partial charge in [0.2, 0.25) is 29.5 Å². The van der Waals surface area contributed by atoms with Gasteiger partial charge in [-0.05, 0) is 25.8 Å². The molecule has 6 atom stereocenters. The number of primary amides is 1. The zero-order valence-corrected chi connectivity index (χ0v) is 25.5. The number of carbonyl (C=O) groups excluding carboxylic acids is 7. The number of hydrogen-bond acceptors (Lipinski definition) is 14. The van der Waals surface area contributed by atoms with Crippen molar-refractivity contribution >= 4 is 47.4 Å². The van der Waals surface area contributed by atoms with Crippen molar-refractivity contribution in [1.82, 2.24) is 42.5 Å². The normalized spacial score (nSPS) is 26.3. The summed E-state index contributed by atoms with van der Waals surface area (Å²) in [6.45, 7) is -1.36. The molecule has 47 heavy (non-hydrogen) atoms. The van der Waals surface area contributed by atoms with Crippen LogP contribution in [-0.2, 0) is 28.8 Å². The largest absolute Gasteiger partial charge is 0.394 e. The third kappa shape index (κ3) is 12.7. The van der Waals surface area contributed by atoms with Crippen molar-refractivity contribution < 1.29 is 38.7 Å². The minimum Gasteiger partial charge on any atom is -0.394 e. The summed E-state index contributed by atoms with van der Waals surface area (Å²) in [7, 11) is 0. The summed E-state index contributed by atoms with van der Waals surface area (Å²) in [5.41, 5.74) is 27.6. The molecule has 2 heterocycles. The van der Waals surface area contributed by atoms with E-state index in [2.05, 4.69) is 42.2 Å². The molecule has 1 fully saturated rings. The van der Waals surface area contributed by atoms with Gasteiger partial charge in [-0.3, -0.25) is 33.8 Å². The molecular weight excluding hydrogens is 624 g/mol. The van der Waals surface area contributed by atoms with E-state index in [0.717, 1.165) is 6.20 Å². The molecule has 0 saturated carbocycles. The highest BCUT2D eigenvalue weighted by Crippen LogP contribution is 2.07. The van der Waals surface area contributed by atoms with E-state index in [1.807, 2.05) is 5.32 Å². The highest BCUT2D eigenvalue weighted by Gasteiger charge is 2.35. The van der Waals surface area contributed by atoms with Crippen molar-refractivity contribution in [2.24, 2.45) is 33.7 Å². The van der Waals surface area contributed by atoms with Gasteiger partial charge in [-0.15, -0.1) is 0 Å². The number of amides is 8. The number of aliphatic imine (C=N–C) groups is 1. The summed E-state index contributed by atoms with van der Waals surface area (Å²) in [4.78, 5) is 93.9. The summed E-state index contributed by atoms with van der Waals surface area (Å²) < 4.78 is 0. The van der Waals surface area contributed by atoms with Gasteiger partial charge in [0.1, 0.15) is 29.9 Å². The third-order valence-electron chi connectivity index (χ3n) is 6.90. The Hall–Kier alpha value is -5.06. The Morgan fingerprint density at radius 3 is 2.36 bits per heavy atom. The number of aliphatic hydroxyl groups excluding tert-OH is 1. The smallest absolute Gasteiger partial charge is 0.316 e. The molecular formula is C25H44N14O8. The van der Waals surface area contributed by atoms with Crippen LogP contribution in [0.4, 0.5) is 4.79 Å². The number of hydrogen-bond donors (Lipinski definition) is 14. The minimum absolute atomic E-state index is 0.0120. The van der Waals surface area contributed by atoms with Crippen LogP contribution in [0.5, 0.6) is 0 Å². The second kappa shape index (κ2) is 18.8. The van der Waals surface area contributed by atoms with Gasteiger partial charge in [-0.1, -0.05) is 0 Å². The first-order valence-electron chi connectivity index (χ1n) is 14.7. The van der Waals surface area contributed by atoms with Crippen molar-refractivity contribution in [3.8, 4) is 0 Å². The van der Waals surface area contributed by atoms with Crippen LogP contribution in [0.15, 0.2) is 16.9 Å². The van der Waals surface area contributed by atoms with Crippen LogP contribution in [0.2, 0.25) is 0 Å². The molecule has 0 bridgehead atoms. The van der Waals surface area contributed by atoms with Gasteiger partial charge in [0.05, 0.1) is 12.6 Å². The lowest BCUT2D eigenvalue weighted by Crippen LogP contribution is -2.64. The lowest BCUT2D eigenvalue weighted by atomic mass is 10.0. The van der Waals surface area contributed by atoms with Crippen molar-refractivity contribution in [3.05, 3.63) is 11.9 Å². The first kappa shape index (κ1) is 38.1. The van der Waals surface area contributed by atoms with Gasteiger partial charge >= 0.3 is 6.03 Å². The third-order valence-corrected chi connectivity index (χ3v) is 6.90. The van der Waals surface area contributed by atoms with Gasteiger partial charge < -0.3 is 76.3 Å². The van der Waals surface area contributed by atoms with Crippen LogP contribution in [0.1, 0.15) is 25.7 Å². The molecule has 0 aromatic carbocycles. The maximum atomic E-state index is 13.5. The summed E-state index contributed by atoms with van der Waals surface area (Å²) in [6, 6.07) is -8.54. The number of nitrogens with zero attached hydrogens (tertiary/aromatic N) is 1. The molecule has 0 unspecified atom stereocenters. The molecule has 19 N–H and O–H groups in total. The molecule has 262 valence electrons. The molecule has 0 spiro atoms. The quantitative estimate of drug-likeness (QED) is 0.0963. The van der Waals surface area contributed by atoms with Crippen molar-refractivity contribution in [2.75, 3.05) is 32.8 Å². The molecule has 22 heteroatoms. The molecule has 1 saturated heterocycles. The average Bonchev–Trinajstić information content (AvgIpc) is 3.02. The van der Waals surface area contributed by atoms with Gasteiger partial charge in [-0.2, -0.15) is 0 Å². The van der Waals surface area contributed by atoms with E-state index < -0.39 is 103 Å². The topological polar surface area (TPSA) is 378 Å². The van der Waals surface area contributed by atoms with Gasteiger partial charge in [0, 0.05) is 38.3 Å². The number of urea groups is 1. The highest BCUT2D eigenvalue weighted by atomic mass is 16.3. The summed E-state index contributed by atoms with van der Waals surface area (Å²) in [6.07, 6.45) is 1.86. The Labute approximate surface area is 269 Å². The molecule has 2 aliphatic heterocycles. The maximum absolute atomic E-state index is 13.5. The maximum Gasteiger partial charge on any atom is 0.316 e. The highest BCUT2D eigenvalue weighted by molar-refractivity contribution is 6.02. The van der Waals surface area contributed by atoms with Crippen LogP contribution >= 0.6 is 0 Å². The fourth-order valence-electron chi connectivity index (χ4n) is 4.35. The number of carbonyl (C=O) groups is 7. The van der Waals surface area contributed by atoms with E-state index in [1.54, 1.807) is 0 Å². The molecule has 22 nitrogen and oxygen atoms in total. The van der Waals surface area contributed by atoms with Crippen LogP contribution < -0.4 is 71.2 Å². The second-order valence-corrected chi connectivity index (χ2v) is 10.7. The zero-order chi connectivity index (χ0) is 35.1. The molecule has 0 radical (unpaired) electrons. The summed E-state index contributed by atoms with van der Waals surface area (Å²) >= 11 is 0. The van der Waals surface area contributed by atoms with Crippen molar-refractivity contribution in [2.45, 2.75) is 61.9 Å². The van der Waals surface area contributed by atoms with Crippen molar-refractivity contribution in [3.63, 3.8) is 0 Å². The number of rotatable bonds is 10. The number of aliphatic hydroxyl groups is 1. The van der Waals surface area contributed by atoms with Crippen LogP contribution in [-0.4, -0.2) is 122 Å². The predicted octanol–water partition coefficient (Wildman–Crippen LogP) is -8.23. The predicted molar refractivity (Wildman–Crippen MR) is 165 cm³/mol. The monoisotopic (exact) mass is 668 g/mol. The number of guanidine groups is 1. The average molecular weight is 669 g/mol. The van der Waals surface area contributed by atoms with E-state index in [9.17, 15) is 38.7 Å². The number of nitrogens with one attached hydrogen (secondary N) is 8. The Kier molecular flexibility index (Phi) is 15.2. The molecule has 0 aromatic rings. The van der Waals surface area contributed by atoms with Crippen LogP contribution in [0, 0.1) is 0 Å². The molecule has 0 aliphatic carbocycles. The van der Waals surface area contributed by atoms with Crippen molar-refractivity contribution in [1.29, 1.82) is 0 Å². The summed E-state index contributed by atoms with van der Waals surface area (Å²) in [5, 5.41) is 28.7. The van der Waals surface area contributed by atoms with E-state index in [4.69, 9.17) is 28.7 Å². The molecule has 2 rings (SSSR count). The lowest BCUT2D eigenvalue weighted by Gasteiger charge is -2.31. The van der Waals surface area contributed by atoms with E-state index in [-0.39, 0.29) is 25.3 Å². The Balaban J connectivity index is 2.45. The summed E-state index contributed by atoms with van der Waals surface area (Å²) in [5.74, 6) is -5.62. The number of nitrogens with two attached hydrogens (primary N) is 5. The standard InChI is InChI=1S/C25H44N14O8/c26-4-1-2-11(27)6-17(41)32-8-14-20(43)35-15(9-34-25(30)47)21(44)39-18(13-3-5-31-24(29)38-13)23(46)33-7-12(28)19(42)37-16(10-40)22(45)36-14/h9,11-14,16,18,40H,1-8,10,26-28H2,(H,32,41)(H,33,46)(H,35,43)(H,36,45)(H,37,42)(H,39,44)(H3,29,31,38)(H3,30,34,47)/b15-9-/t11-,12-,13-,14+,16-,18+/m1/s1. The molecule has 2 aliphatic rings. The minimum atomic E-state index is -1.63. The lowest BCUT2D eigenvalue weighted by molar-refractivity contribution is -0.134. The Morgan fingerprint density at radius 1 is 1.02 bits per heavy atom. The van der Waals surface area contributed by atoms with E-state index in [0.29, 0.717) is 19.4 Å². The fourth-order valence-corrected chi connectivity index (χ4v) is 4.35. The van der Waals surface area contributed by atoms with Gasteiger partial charge in [0.25, 0.3) is 5.91 Å². The van der Waals surface area contributed by atoms with E-state index >= 15 is 0 Å². The van der Waals surface area contributed by atoms with Crippen LogP contribution in [0.25, 0.3) is 0 Å². The van der Waals surface area contributed by atoms with Gasteiger partial charge in [0.15, 0.2) is 5.96 Å². The van der Waals surface area contributed by atoms with E-state index in [1.165, 1.54) is 0 Å². The Morgan fingerprint density at radius 2 is 1.72 bits per heavy atom. The second-order valence-electron chi connectivity index (χ2n) is 10.7. The Bertz CT molecular complexity index is 1240.